The minimum atomic E-state index is -0.634. The molecule has 0 bridgehead atoms. The molecule has 5 aromatic carbocycles. The van der Waals surface area contributed by atoms with Gasteiger partial charge in [-0.1, -0.05) is 91.9 Å². The normalized spacial score (nSPS) is 21.0. The van der Waals surface area contributed by atoms with E-state index in [2.05, 4.69) is 57.7 Å². The highest BCUT2D eigenvalue weighted by Crippen LogP contribution is 2.42. The van der Waals surface area contributed by atoms with Crippen LogP contribution in [0.15, 0.2) is 133 Å². The zero-order chi connectivity index (χ0) is 35.7. The van der Waals surface area contributed by atoms with Crippen molar-refractivity contribution in [3.63, 3.8) is 0 Å². The molecule has 9 heteroatoms. The Morgan fingerprint density at radius 3 is 2.06 bits per heavy atom. The van der Waals surface area contributed by atoms with E-state index in [-0.39, 0.29) is 30.8 Å². The van der Waals surface area contributed by atoms with Crippen molar-refractivity contribution in [2.24, 2.45) is 5.92 Å². The van der Waals surface area contributed by atoms with Crippen molar-refractivity contribution >= 4 is 17.4 Å². The van der Waals surface area contributed by atoms with Crippen LogP contribution >= 0.6 is 0 Å². The van der Waals surface area contributed by atoms with E-state index in [1.165, 1.54) is 5.56 Å². The Hall–Kier alpha value is -5.03. The predicted octanol–water partition coefficient (Wildman–Crippen LogP) is 8.22. The number of aliphatic hydroxyl groups is 1. The molecule has 0 aliphatic carbocycles. The maximum absolute atomic E-state index is 13.0. The van der Waals surface area contributed by atoms with Crippen molar-refractivity contribution in [3.8, 4) is 11.5 Å². The van der Waals surface area contributed by atoms with Crippen LogP contribution in [0.2, 0.25) is 0 Å². The molecule has 0 aromatic heterocycles. The molecule has 2 saturated heterocycles. The van der Waals surface area contributed by atoms with Crippen molar-refractivity contribution in [3.05, 3.63) is 156 Å². The van der Waals surface area contributed by atoms with E-state index in [0.717, 1.165) is 61.7 Å². The third kappa shape index (κ3) is 9.25. The van der Waals surface area contributed by atoms with Gasteiger partial charge in [-0.25, -0.2) is 4.79 Å². The van der Waals surface area contributed by atoms with Gasteiger partial charge in [0, 0.05) is 62.1 Å². The van der Waals surface area contributed by atoms with Gasteiger partial charge in [0.25, 0.3) is 0 Å². The SMILES string of the molecule is C[C@@H]1[C@H](CN2CCN(Cc3ccccc3)CC2)O[C@H](c2cccc(NC(=O)Nc3ccc(Oc4ccccc4)cc3)c2)O[C@@H]1c1ccc(CO)cc1. The summed E-state index contributed by atoms with van der Waals surface area (Å²) in [6, 6.07) is 42.7. The predicted molar refractivity (Wildman–Crippen MR) is 203 cm³/mol. The molecule has 3 N–H and O–H groups in total. The summed E-state index contributed by atoms with van der Waals surface area (Å²) in [5.74, 6) is 1.50. The Morgan fingerprint density at radius 2 is 1.35 bits per heavy atom. The summed E-state index contributed by atoms with van der Waals surface area (Å²) in [5.41, 5.74) is 5.33. The maximum Gasteiger partial charge on any atom is 0.323 e. The van der Waals surface area contributed by atoms with E-state index in [1.807, 2.05) is 91.0 Å². The Kier molecular flexibility index (Phi) is 11.6. The molecule has 0 radical (unpaired) electrons. The van der Waals surface area contributed by atoms with Crippen molar-refractivity contribution in [1.29, 1.82) is 0 Å². The lowest BCUT2D eigenvalue weighted by atomic mass is 9.90. The number of carbonyl (C=O) groups excluding carboxylic acids is 1. The summed E-state index contributed by atoms with van der Waals surface area (Å²) in [6.07, 6.45) is -0.939. The van der Waals surface area contributed by atoms with E-state index >= 15 is 0 Å². The number of urea groups is 1. The summed E-state index contributed by atoms with van der Waals surface area (Å²) in [7, 11) is 0. The van der Waals surface area contributed by atoms with Gasteiger partial charge in [-0.2, -0.15) is 0 Å². The van der Waals surface area contributed by atoms with Crippen LogP contribution in [-0.2, 0) is 22.6 Å². The number of anilines is 2. The average molecular weight is 699 g/mol. The van der Waals surface area contributed by atoms with Gasteiger partial charge in [0.1, 0.15) is 11.5 Å². The van der Waals surface area contributed by atoms with E-state index < -0.39 is 6.29 Å². The van der Waals surface area contributed by atoms with Crippen molar-refractivity contribution in [2.75, 3.05) is 43.4 Å². The summed E-state index contributed by atoms with van der Waals surface area (Å²) in [6.45, 7) is 7.89. The van der Waals surface area contributed by atoms with E-state index in [0.29, 0.717) is 17.1 Å². The number of para-hydroxylation sites is 1. The second-order valence-electron chi connectivity index (χ2n) is 13.5. The molecule has 2 heterocycles. The number of hydrogen-bond donors (Lipinski definition) is 3. The third-order valence-electron chi connectivity index (χ3n) is 9.78. The van der Waals surface area contributed by atoms with Gasteiger partial charge in [-0.05, 0) is 65.2 Å². The average Bonchev–Trinajstić information content (AvgIpc) is 3.18. The van der Waals surface area contributed by atoms with Crippen LogP contribution in [-0.4, -0.2) is 59.8 Å². The first-order valence-electron chi connectivity index (χ1n) is 18.0. The molecule has 5 aromatic rings. The molecule has 268 valence electrons. The van der Waals surface area contributed by atoms with E-state index in [9.17, 15) is 9.90 Å². The topological polar surface area (TPSA) is 95.5 Å². The molecule has 0 unspecified atom stereocenters. The fourth-order valence-electron chi connectivity index (χ4n) is 6.84. The van der Waals surface area contributed by atoms with Gasteiger partial charge in [0.15, 0.2) is 6.29 Å². The van der Waals surface area contributed by atoms with Gasteiger partial charge < -0.3 is 30.0 Å². The quantitative estimate of drug-likeness (QED) is 0.128. The van der Waals surface area contributed by atoms with Crippen LogP contribution in [0.4, 0.5) is 16.2 Å². The summed E-state index contributed by atoms with van der Waals surface area (Å²) < 4.78 is 19.3. The number of rotatable bonds is 11. The zero-order valence-electron chi connectivity index (χ0n) is 29.4. The number of hydrogen-bond acceptors (Lipinski definition) is 7. The summed E-state index contributed by atoms with van der Waals surface area (Å²) in [5, 5.41) is 15.5. The molecule has 9 nitrogen and oxygen atoms in total. The lowest BCUT2D eigenvalue weighted by Gasteiger charge is -2.44. The van der Waals surface area contributed by atoms with Crippen LogP contribution in [0.3, 0.4) is 0 Å². The van der Waals surface area contributed by atoms with Gasteiger partial charge >= 0.3 is 6.03 Å². The van der Waals surface area contributed by atoms with E-state index in [4.69, 9.17) is 14.2 Å². The Labute approximate surface area is 305 Å². The van der Waals surface area contributed by atoms with Crippen LogP contribution in [0, 0.1) is 5.92 Å². The molecule has 52 heavy (non-hydrogen) atoms. The minimum absolute atomic E-state index is 0.00662. The second-order valence-corrected chi connectivity index (χ2v) is 13.5. The van der Waals surface area contributed by atoms with Crippen LogP contribution in [0.5, 0.6) is 11.5 Å². The van der Waals surface area contributed by atoms with Gasteiger partial charge in [-0.15, -0.1) is 0 Å². The van der Waals surface area contributed by atoms with Gasteiger partial charge in [-0.3, -0.25) is 9.80 Å². The Balaban J connectivity index is 1.01. The van der Waals surface area contributed by atoms with E-state index in [1.54, 1.807) is 12.1 Å². The van der Waals surface area contributed by atoms with Crippen LogP contribution in [0.1, 0.15) is 41.6 Å². The second kappa shape index (κ2) is 17.0. The molecule has 2 aliphatic rings. The first kappa shape index (κ1) is 35.4. The Morgan fingerprint density at radius 1 is 0.692 bits per heavy atom. The van der Waals surface area contributed by atoms with Gasteiger partial charge in [0.05, 0.1) is 18.8 Å². The molecular formula is C43H46N4O5. The molecule has 2 fully saturated rings. The van der Waals surface area contributed by atoms with Crippen LogP contribution in [0.25, 0.3) is 0 Å². The number of benzene rings is 5. The standard InChI is InChI=1S/C43H46N4O5/c1-31-40(29-47-25-23-46(24-26-47)28-32-9-4-2-5-10-32)51-42(52-41(31)34-17-15-33(30-48)16-18-34)35-11-8-12-37(27-35)45-43(49)44-36-19-21-39(22-20-36)50-38-13-6-3-7-14-38/h2-22,27,31,40-42,48H,23-26,28-30H2,1H3,(H2,44,45,49)/t31-,40+,41+,42+/m1/s1. The van der Waals surface area contributed by atoms with Crippen molar-refractivity contribution in [1.82, 2.24) is 9.80 Å². The first-order chi connectivity index (χ1) is 25.5. The molecule has 0 spiro atoms. The maximum atomic E-state index is 13.0. The highest BCUT2D eigenvalue weighted by molar-refractivity contribution is 5.99. The zero-order valence-corrected chi connectivity index (χ0v) is 29.4. The molecule has 7 rings (SSSR count). The van der Waals surface area contributed by atoms with Crippen LogP contribution < -0.4 is 15.4 Å². The lowest BCUT2D eigenvalue weighted by molar-refractivity contribution is -0.276. The minimum Gasteiger partial charge on any atom is -0.457 e. The van der Waals surface area contributed by atoms with Crippen molar-refractivity contribution < 1.29 is 24.1 Å². The van der Waals surface area contributed by atoms with Crippen molar-refractivity contribution in [2.45, 2.75) is 38.6 Å². The monoisotopic (exact) mass is 698 g/mol. The highest BCUT2D eigenvalue weighted by atomic mass is 16.7. The molecule has 0 saturated carbocycles. The lowest BCUT2D eigenvalue weighted by Crippen LogP contribution is -2.51. The molecule has 2 aliphatic heterocycles. The number of carbonyl (C=O) groups is 1. The number of piperazine rings is 1. The fourth-order valence-corrected chi connectivity index (χ4v) is 6.84. The van der Waals surface area contributed by atoms with Gasteiger partial charge in [0.2, 0.25) is 0 Å². The molecular weight excluding hydrogens is 652 g/mol. The number of nitrogens with zero attached hydrogens (tertiary/aromatic N) is 2. The first-order valence-corrected chi connectivity index (χ1v) is 18.0. The number of nitrogens with one attached hydrogen (secondary N) is 2. The highest BCUT2D eigenvalue weighted by Gasteiger charge is 2.39. The smallest absolute Gasteiger partial charge is 0.323 e. The summed E-state index contributed by atoms with van der Waals surface area (Å²) in [4.78, 5) is 18.0. The Bertz CT molecular complexity index is 1870. The molecule has 4 atom stereocenters. The number of aliphatic hydroxyl groups excluding tert-OH is 1. The largest absolute Gasteiger partial charge is 0.457 e. The summed E-state index contributed by atoms with van der Waals surface area (Å²) >= 11 is 0. The molecule has 2 amide bonds. The fraction of sp³-hybridized carbons (Fsp3) is 0.279. The number of ether oxygens (including phenoxy) is 3. The number of amides is 2. The third-order valence-corrected chi connectivity index (χ3v) is 9.78.